The van der Waals surface area contributed by atoms with Crippen LogP contribution >= 0.6 is 23.2 Å². The zero-order chi connectivity index (χ0) is 34.6. The predicted molar refractivity (Wildman–Crippen MR) is 189 cm³/mol. The van der Waals surface area contributed by atoms with E-state index >= 15 is 0 Å². The van der Waals surface area contributed by atoms with E-state index < -0.39 is 5.97 Å². The van der Waals surface area contributed by atoms with Crippen molar-refractivity contribution in [3.63, 3.8) is 0 Å². The van der Waals surface area contributed by atoms with Gasteiger partial charge in [-0.25, -0.2) is 4.79 Å². The third kappa shape index (κ3) is 5.81. The highest BCUT2D eigenvalue weighted by molar-refractivity contribution is 6.35. The number of ether oxygens (including phenoxy) is 1. The number of aromatic nitrogens is 4. The first kappa shape index (κ1) is 33.8. The number of aromatic carboxylic acids is 1. The van der Waals surface area contributed by atoms with Gasteiger partial charge in [0.25, 0.3) is 5.91 Å². The van der Waals surface area contributed by atoms with Crippen molar-refractivity contribution in [1.82, 2.24) is 24.2 Å². The summed E-state index contributed by atoms with van der Waals surface area (Å²) in [5.74, 6) is 0.00802. The number of aryl methyl sites for hydroxylation is 3. The fourth-order valence-electron chi connectivity index (χ4n) is 7.24. The van der Waals surface area contributed by atoms with Gasteiger partial charge in [0.2, 0.25) is 0 Å². The number of hydrogen-bond acceptors (Lipinski definition) is 5. The van der Waals surface area contributed by atoms with E-state index in [0.717, 1.165) is 61.8 Å². The summed E-state index contributed by atoms with van der Waals surface area (Å²) in [7, 11) is 1.93. The Morgan fingerprint density at radius 2 is 1.81 bits per heavy atom. The maximum atomic E-state index is 14.7. The van der Waals surface area contributed by atoms with E-state index in [9.17, 15) is 14.7 Å². The number of fused-ring (bicyclic) bond motifs is 3. The van der Waals surface area contributed by atoms with Gasteiger partial charge >= 0.3 is 5.97 Å². The maximum Gasteiger partial charge on any atom is 0.337 e. The van der Waals surface area contributed by atoms with Gasteiger partial charge in [-0.3, -0.25) is 14.5 Å². The predicted octanol–water partition coefficient (Wildman–Crippen LogP) is 8.40. The molecule has 4 aromatic rings. The quantitative estimate of drug-likeness (QED) is 0.177. The van der Waals surface area contributed by atoms with Crippen molar-refractivity contribution in [3.05, 3.63) is 91.8 Å². The van der Waals surface area contributed by atoms with Crippen LogP contribution < -0.4 is 0 Å². The Labute approximate surface area is 290 Å². The molecule has 0 spiro atoms. The summed E-state index contributed by atoms with van der Waals surface area (Å²) in [5, 5.41) is 16.5. The standard InChI is InChI=1S/C37H41Cl2N5O4/c1-19-15-27(16-20(2)33(19)39)48-14-8-9-28-29-12-13-30(38)32(31-21(3)41-42(7)24(31)6)34(29)44-23(5)22(4)43(36(45)35(28)44)18-26-11-10-25(17-40-26)37(46)47/h10-13,15,17,20,22-23H,8-9,14,16,18H2,1-7H3,(H,46,47)/t20?,22-,23?/m1/s1. The van der Waals surface area contributed by atoms with Crippen LogP contribution in [0.5, 0.6) is 0 Å². The molecule has 3 atom stereocenters. The van der Waals surface area contributed by atoms with Crippen molar-refractivity contribution in [2.75, 3.05) is 6.61 Å². The second-order valence-corrected chi connectivity index (χ2v) is 14.0. The number of halogens is 2. The lowest BCUT2D eigenvalue weighted by atomic mass is 9.97. The van der Waals surface area contributed by atoms with Crippen LogP contribution in [0.25, 0.3) is 22.0 Å². The van der Waals surface area contributed by atoms with Crippen molar-refractivity contribution < 1.29 is 19.4 Å². The van der Waals surface area contributed by atoms with E-state index in [1.54, 1.807) is 6.07 Å². The smallest absolute Gasteiger partial charge is 0.337 e. The Kier molecular flexibility index (Phi) is 9.22. The third-order valence-electron chi connectivity index (χ3n) is 10.00. The minimum Gasteiger partial charge on any atom is -0.498 e. The van der Waals surface area contributed by atoms with Crippen molar-refractivity contribution in [2.24, 2.45) is 13.0 Å². The summed E-state index contributed by atoms with van der Waals surface area (Å²) in [4.78, 5) is 32.3. The molecular formula is C37H41Cl2N5O4. The fraction of sp³-hybridized carbons (Fsp3) is 0.405. The zero-order valence-electron chi connectivity index (χ0n) is 28.4. The number of carbonyl (C=O) groups excluding carboxylic acids is 1. The molecule has 0 radical (unpaired) electrons. The Balaban J connectivity index is 1.44. The van der Waals surface area contributed by atoms with Gasteiger partial charge < -0.3 is 19.3 Å². The van der Waals surface area contributed by atoms with Gasteiger partial charge in [-0.1, -0.05) is 36.2 Å². The number of rotatable bonds is 9. The number of pyridine rings is 1. The van der Waals surface area contributed by atoms with Crippen LogP contribution in [0.4, 0.5) is 0 Å². The van der Waals surface area contributed by atoms with Gasteiger partial charge in [0.05, 0.1) is 58.5 Å². The van der Waals surface area contributed by atoms with E-state index in [1.807, 2.05) is 62.5 Å². The molecule has 0 saturated heterocycles. The summed E-state index contributed by atoms with van der Waals surface area (Å²) >= 11 is 13.5. The molecule has 1 amide bonds. The highest BCUT2D eigenvalue weighted by atomic mass is 35.5. The summed E-state index contributed by atoms with van der Waals surface area (Å²) in [6, 6.07) is 6.86. The van der Waals surface area contributed by atoms with Crippen LogP contribution in [0.2, 0.25) is 5.02 Å². The van der Waals surface area contributed by atoms with Crippen LogP contribution in [0, 0.1) is 19.8 Å². The van der Waals surface area contributed by atoms with Crippen molar-refractivity contribution in [1.29, 1.82) is 0 Å². The Morgan fingerprint density at radius 1 is 1.06 bits per heavy atom. The number of carboxylic acids is 1. The lowest BCUT2D eigenvalue weighted by molar-refractivity contribution is 0.0540. The lowest BCUT2D eigenvalue weighted by Crippen LogP contribution is -2.48. The van der Waals surface area contributed by atoms with Crippen LogP contribution in [-0.4, -0.2) is 53.9 Å². The molecule has 0 saturated carbocycles. The average Bonchev–Trinajstić information content (AvgIpc) is 3.51. The minimum absolute atomic E-state index is 0.0993. The zero-order valence-corrected chi connectivity index (χ0v) is 29.9. The van der Waals surface area contributed by atoms with E-state index in [2.05, 4.69) is 23.4 Å². The molecule has 0 fully saturated rings. The number of hydrogen-bond donors (Lipinski definition) is 1. The van der Waals surface area contributed by atoms with Gasteiger partial charge in [-0.2, -0.15) is 5.10 Å². The molecule has 1 aliphatic heterocycles. The van der Waals surface area contributed by atoms with E-state index in [0.29, 0.717) is 35.9 Å². The molecule has 9 nitrogen and oxygen atoms in total. The molecule has 0 bridgehead atoms. The molecule has 6 rings (SSSR count). The topological polar surface area (TPSA) is 102 Å². The Hall–Kier alpha value is -4.08. The van der Waals surface area contributed by atoms with Crippen LogP contribution in [-0.2, 0) is 24.8 Å². The van der Waals surface area contributed by atoms with Crippen molar-refractivity contribution in [2.45, 2.75) is 79.4 Å². The van der Waals surface area contributed by atoms with Crippen molar-refractivity contribution in [3.8, 4) is 11.1 Å². The molecule has 2 unspecified atom stereocenters. The SMILES string of the molecule is CC1=C(Cl)C(C)CC(OCCCc2c3n(c4c(-c5c(C)nn(C)c5C)c(Cl)ccc24)C(C)[C@@H](C)N(Cc2ccc(C(=O)O)cn2)C3=O)=C1. The first-order valence-corrected chi connectivity index (χ1v) is 17.1. The first-order valence-electron chi connectivity index (χ1n) is 16.3. The molecule has 11 heteroatoms. The van der Waals surface area contributed by atoms with Crippen LogP contribution in [0.15, 0.2) is 52.9 Å². The number of amides is 1. The molecule has 3 aromatic heterocycles. The Bertz CT molecular complexity index is 2010. The van der Waals surface area contributed by atoms with E-state index in [4.69, 9.17) is 33.0 Å². The second-order valence-electron chi connectivity index (χ2n) is 13.1. The molecule has 1 aromatic carbocycles. The number of carboxylic acid groups (broad SMARTS) is 1. The monoisotopic (exact) mass is 689 g/mol. The van der Waals surface area contributed by atoms with E-state index in [-0.39, 0.29) is 36.0 Å². The molecular weight excluding hydrogens is 649 g/mol. The first-order chi connectivity index (χ1) is 22.8. The molecule has 252 valence electrons. The maximum absolute atomic E-state index is 14.7. The normalized spacial score (nSPS) is 19.6. The van der Waals surface area contributed by atoms with Crippen molar-refractivity contribution >= 4 is 46.0 Å². The van der Waals surface area contributed by atoms with Gasteiger partial charge in [0, 0.05) is 46.9 Å². The highest BCUT2D eigenvalue weighted by Gasteiger charge is 2.40. The second kappa shape index (κ2) is 13.1. The van der Waals surface area contributed by atoms with Crippen LogP contribution in [0.3, 0.4) is 0 Å². The highest BCUT2D eigenvalue weighted by Crippen LogP contribution is 2.45. The number of benzene rings is 1. The lowest BCUT2D eigenvalue weighted by Gasteiger charge is -2.40. The molecule has 1 N–H and O–H groups in total. The molecule has 48 heavy (non-hydrogen) atoms. The fourth-order valence-corrected chi connectivity index (χ4v) is 7.62. The molecule has 4 heterocycles. The largest absolute Gasteiger partial charge is 0.498 e. The number of allylic oxidation sites excluding steroid dienone is 4. The molecule has 1 aliphatic carbocycles. The Morgan fingerprint density at radius 3 is 2.44 bits per heavy atom. The summed E-state index contributed by atoms with van der Waals surface area (Å²) in [6.45, 7) is 13.1. The number of nitrogens with zero attached hydrogens (tertiary/aromatic N) is 5. The van der Waals surface area contributed by atoms with Gasteiger partial charge in [0.15, 0.2) is 0 Å². The average molecular weight is 691 g/mol. The summed E-state index contributed by atoms with van der Waals surface area (Å²) in [5.41, 5.74) is 8.00. The van der Waals surface area contributed by atoms with Gasteiger partial charge in [-0.15, -0.1) is 0 Å². The number of carbonyl (C=O) groups is 2. The van der Waals surface area contributed by atoms with E-state index in [1.165, 1.54) is 12.3 Å². The van der Waals surface area contributed by atoms with Gasteiger partial charge in [0.1, 0.15) is 5.69 Å². The van der Waals surface area contributed by atoms with Crippen LogP contribution in [0.1, 0.15) is 90.1 Å². The summed E-state index contributed by atoms with van der Waals surface area (Å²) < 4.78 is 10.3. The minimum atomic E-state index is -1.04. The van der Waals surface area contributed by atoms with Gasteiger partial charge in [-0.05, 0) is 88.8 Å². The third-order valence-corrected chi connectivity index (χ3v) is 11.0. The molecule has 2 aliphatic rings. The summed E-state index contributed by atoms with van der Waals surface area (Å²) in [6.07, 6.45) is 5.44.